The molecule has 2 aromatic rings. The maximum atomic E-state index is 12.1. The highest BCUT2D eigenvalue weighted by Crippen LogP contribution is 2.26. The Bertz CT molecular complexity index is 754. The number of aliphatic carboxylic acids is 1. The van der Waals surface area contributed by atoms with Crippen molar-refractivity contribution in [1.82, 2.24) is 10.3 Å². The van der Waals surface area contributed by atoms with E-state index < -0.39 is 5.97 Å². The van der Waals surface area contributed by atoms with E-state index in [9.17, 15) is 9.59 Å². The second kappa shape index (κ2) is 7.51. The molecule has 1 aliphatic rings. The minimum absolute atomic E-state index is 0.0419. The number of aryl methyl sites for hydroxylation is 2. The van der Waals surface area contributed by atoms with Gasteiger partial charge >= 0.3 is 5.97 Å². The number of nitrogens with one attached hydrogen (secondary N) is 1. The molecule has 132 valence electrons. The molecule has 6 nitrogen and oxygen atoms in total. The highest BCUT2D eigenvalue weighted by atomic mass is 16.4. The number of oxazole rings is 1. The summed E-state index contributed by atoms with van der Waals surface area (Å²) in [5.74, 6) is 0.0687. The number of carboxylic acids is 1. The first-order valence-corrected chi connectivity index (χ1v) is 8.57. The van der Waals surface area contributed by atoms with Crippen LogP contribution >= 0.6 is 0 Å². The van der Waals surface area contributed by atoms with Crippen LogP contribution in [0.25, 0.3) is 11.3 Å². The van der Waals surface area contributed by atoms with E-state index in [1.807, 2.05) is 37.3 Å². The first-order valence-electron chi connectivity index (χ1n) is 8.57. The van der Waals surface area contributed by atoms with Crippen LogP contribution in [0.5, 0.6) is 0 Å². The fourth-order valence-electron chi connectivity index (χ4n) is 3.27. The smallest absolute Gasteiger partial charge is 0.306 e. The number of carbonyl (C=O) groups is 2. The van der Waals surface area contributed by atoms with E-state index in [1.54, 1.807) is 0 Å². The molecule has 0 unspecified atom stereocenters. The Kier molecular flexibility index (Phi) is 5.16. The molecule has 0 spiro atoms. The Labute approximate surface area is 146 Å². The van der Waals surface area contributed by atoms with Crippen LogP contribution in [0.3, 0.4) is 0 Å². The van der Waals surface area contributed by atoms with E-state index in [-0.39, 0.29) is 24.3 Å². The van der Waals surface area contributed by atoms with Crippen LogP contribution in [-0.2, 0) is 16.0 Å². The van der Waals surface area contributed by atoms with Gasteiger partial charge in [-0.25, -0.2) is 4.98 Å². The molecule has 1 aromatic heterocycles. The minimum atomic E-state index is -0.777. The van der Waals surface area contributed by atoms with Crippen molar-refractivity contribution in [1.29, 1.82) is 0 Å². The summed E-state index contributed by atoms with van der Waals surface area (Å²) >= 11 is 0. The zero-order valence-corrected chi connectivity index (χ0v) is 14.2. The average Bonchev–Trinajstić information content (AvgIpc) is 3.20. The van der Waals surface area contributed by atoms with Crippen LogP contribution in [0.2, 0.25) is 0 Å². The number of aromatic nitrogens is 1. The number of amides is 1. The topological polar surface area (TPSA) is 92.4 Å². The Morgan fingerprint density at radius 2 is 2.04 bits per heavy atom. The lowest BCUT2D eigenvalue weighted by molar-refractivity contribution is -0.141. The number of carbonyl (C=O) groups excluding carboxylic acids is 1. The molecule has 0 aliphatic heterocycles. The van der Waals surface area contributed by atoms with Crippen molar-refractivity contribution in [3.05, 3.63) is 41.9 Å². The standard InChI is InChI=1S/C19H22N2O4/c1-12-18(13-5-3-2-4-6-13)25-17(20-12)10-9-16(22)21-15-8-7-14(11-15)19(23)24/h2-6,14-15H,7-11H2,1H3,(H,21,22)(H,23,24)/t14-,15+/m0/s1. The highest BCUT2D eigenvalue weighted by molar-refractivity contribution is 5.77. The summed E-state index contributed by atoms with van der Waals surface area (Å²) in [5, 5.41) is 11.9. The third-order valence-corrected chi connectivity index (χ3v) is 4.59. The van der Waals surface area contributed by atoms with E-state index >= 15 is 0 Å². The molecular formula is C19H22N2O4. The monoisotopic (exact) mass is 342 g/mol. The lowest BCUT2D eigenvalue weighted by atomic mass is 10.1. The van der Waals surface area contributed by atoms with Gasteiger partial charge in [-0.15, -0.1) is 0 Å². The van der Waals surface area contributed by atoms with Gasteiger partial charge in [0, 0.05) is 24.4 Å². The van der Waals surface area contributed by atoms with Crippen molar-refractivity contribution in [2.45, 2.75) is 45.1 Å². The summed E-state index contributed by atoms with van der Waals surface area (Å²) in [6.07, 6.45) is 2.56. The molecule has 0 radical (unpaired) electrons. The third kappa shape index (κ3) is 4.26. The highest BCUT2D eigenvalue weighted by Gasteiger charge is 2.30. The SMILES string of the molecule is Cc1nc(CCC(=O)N[C@@H]2CC[C@H](C(=O)O)C2)oc1-c1ccccc1. The molecule has 1 saturated carbocycles. The van der Waals surface area contributed by atoms with E-state index in [2.05, 4.69) is 10.3 Å². The molecule has 1 amide bonds. The van der Waals surface area contributed by atoms with Gasteiger partial charge in [-0.2, -0.15) is 0 Å². The number of nitrogens with zero attached hydrogens (tertiary/aromatic N) is 1. The molecule has 1 fully saturated rings. The van der Waals surface area contributed by atoms with Crippen LogP contribution in [0, 0.1) is 12.8 Å². The van der Waals surface area contributed by atoms with Crippen LogP contribution in [0.1, 0.15) is 37.3 Å². The van der Waals surface area contributed by atoms with Gasteiger partial charge in [-0.05, 0) is 26.2 Å². The molecule has 6 heteroatoms. The molecule has 25 heavy (non-hydrogen) atoms. The fourth-order valence-corrected chi connectivity index (χ4v) is 3.27. The molecule has 3 rings (SSSR count). The number of rotatable bonds is 6. The molecule has 1 aromatic carbocycles. The van der Waals surface area contributed by atoms with Gasteiger partial charge in [-0.1, -0.05) is 30.3 Å². The summed E-state index contributed by atoms with van der Waals surface area (Å²) in [5.41, 5.74) is 1.77. The van der Waals surface area contributed by atoms with E-state index in [1.165, 1.54) is 0 Å². The Hall–Kier alpha value is -2.63. The summed E-state index contributed by atoms with van der Waals surface area (Å²) in [7, 11) is 0. The quantitative estimate of drug-likeness (QED) is 0.842. The molecule has 1 heterocycles. The zero-order valence-electron chi connectivity index (χ0n) is 14.2. The second-order valence-electron chi connectivity index (χ2n) is 6.50. The number of hydrogen-bond donors (Lipinski definition) is 2. The number of hydrogen-bond acceptors (Lipinski definition) is 4. The summed E-state index contributed by atoms with van der Waals surface area (Å²) in [6.45, 7) is 1.89. The van der Waals surface area contributed by atoms with Gasteiger partial charge in [0.05, 0.1) is 11.6 Å². The summed E-state index contributed by atoms with van der Waals surface area (Å²) in [6, 6.07) is 9.71. The molecule has 0 saturated heterocycles. The zero-order chi connectivity index (χ0) is 17.8. The van der Waals surface area contributed by atoms with Gasteiger partial charge in [0.1, 0.15) is 0 Å². The number of carboxylic acid groups (broad SMARTS) is 1. The van der Waals surface area contributed by atoms with Crippen molar-refractivity contribution >= 4 is 11.9 Å². The lowest BCUT2D eigenvalue weighted by Gasteiger charge is -2.11. The Balaban J connectivity index is 1.52. The van der Waals surface area contributed by atoms with Crippen LogP contribution in [0.15, 0.2) is 34.7 Å². The Morgan fingerprint density at radius 1 is 1.28 bits per heavy atom. The summed E-state index contributed by atoms with van der Waals surface area (Å²) < 4.78 is 5.80. The van der Waals surface area contributed by atoms with Gasteiger partial charge in [0.15, 0.2) is 11.7 Å². The van der Waals surface area contributed by atoms with Gasteiger partial charge in [-0.3, -0.25) is 9.59 Å². The van der Waals surface area contributed by atoms with Crippen molar-refractivity contribution < 1.29 is 19.1 Å². The van der Waals surface area contributed by atoms with Gasteiger partial charge in [0.2, 0.25) is 5.91 Å². The largest absolute Gasteiger partial charge is 0.481 e. The maximum absolute atomic E-state index is 12.1. The predicted molar refractivity (Wildman–Crippen MR) is 91.9 cm³/mol. The summed E-state index contributed by atoms with van der Waals surface area (Å²) in [4.78, 5) is 27.4. The van der Waals surface area contributed by atoms with Gasteiger partial charge in [0.25, 0.3) is 0 Å². The van der Waals surface area contributed by atoms with Crippen LogP contribution in [0.4, 0.5) is 0 Å². The molecule has 2 atom stereocenters. The average molecular weight is 342 g/mol. The lowest BCUT2D eigenvalue weighted by Crippen LogP contribution is -2.33. The second-order valence-corrected chi connectivity index (χ2v) is 6.50. The Morgan fingerprint density at radius 3 is 2.72 bits per heavy atom. The van der Waals surface area contributed by atoms with E-state index in [0.717, 1.165) is 23.4 Å². The van der Waals surface area contributed by atoms with Crippen molar-refractivity contribution in [2.75, 3.05) is 0 Å². The molecule has 0 bridgehead atoms. The molecule has 1 aliphatic carbocycles. The van der Waals surface area contributed by atoms with Crippen molar-refractivity contribution in [3.63, 3.8) is 0 Å². The van der Waals surface area contributed by atoms with Crippen molar-refractivity contribution in [2.24, 2.45) is 5.92 Å². The van der Waals surface area contributed by atoms with Crippen molar-refractivity contribution in [3.8, 4) is 11.3 Å². The minimum Gasteiger partial charge on any atom is -0.481 e. The van der Waals surface area contributed by atoms with Crippen LogP contribution < -0.4 is 5.32 Å². The fraction of sp³-hybridized carbons (Fsp3) is 0.421. The van der Waals surface area contributed by atoms with Crippen LogP contribution in [-0.4, -0.2) is 28.0 Å². The first-order chi connectivity index (χ1) is 12.0. The van der Waals surface area contributed by atoms with E-state index in [4.69, 9.17) is 9.52 Å². The van der Waals surface area contributed by atoms with E-state index in [0.29, 0.717) is 25.2 Å². The predicted octanol–water partition coefficient (Wildman–Crippen LogP) is 2.95. The maximum Gasteiger partial charge on any atom is 0.306 e. The molecular weight excluding hydrogens is 320 g/mol. The molecule has 2 N–H and O–H groups in total. The third-order valence-electron chi connectivity index (χ3n) is 4.59. The van der Waals surface area contributed by atoms with Gasteiger partial charge < -0.3 is 14.8 Å². The normalized spacial score (nSPS) is 19.7. The number of benzene rings is 1. The first kappa shape index (κ1) is 17.2.